The second-order valence-electron chi connectivity index (χ2n) is 4.18. The van der Waals surface area contributed by atoms with Crippen molar-refractivity contribution in [3.63, 3.8) is 0 Å². The average Bonchev–Trinajstić information content (AvgIpc) is 2.19. The molecule has 0 radical (unpaired) electrons. The van der Waals surface area contributed by atoms with Gasteiger partial charge in [0.25, 0.3) is 0 Å². The minimum absolute atomic E-state index is 0.576. The standard InChI is InChI=1S/C11H14BrClN2/c1-7(2)15-4-3-10-8(6-15)5-9(12)11(13)14-10/h5,7H,3-4,6H2,1-2H3. The lowest BCUT2D eigenvalue weighted by molar-refractivity contribution is 0.201. The Morgan fingerprint density at radius 1 is 1.53 bits per heavy atom. The number of halogens is 2. The monoisotopic (exact) mass is 288 g/mol. The van der Waals surface area contributed by atoms with E-state index in [1.165, 1.54) is 5.56 Å². The SMILES string of the molecule is CC(C)N1CCc2nc(Cl)c(Br)cc2C1. The maximum Gasteiger partial charge on any atom is 0.143 e. The van der Waals surface area contributed by atoms with E-state index in [0.717, 1.165) is 29.7 Å². The van der Waals surface area contributed by atoms with Crippen molar-refractivity contribution < 1.29 is 0 Å². The van der Waals surface area contributed by atoms with Gasteiger partial charge in [-0.25, -0.2) is 4.98 Å². The Hall–Kier alpha value is -0.120. The summed E-state index contributed by atoms with van der Waals surface area (Å²) >= 11 is 9.39. The van der Waals surface area contributed by atoms with Gasteiger partial charge < -0.3 is 0 Å². The third-order valence-corrected chi connectivity index (χ3v) is 3.96. The first-order chi connectivity index (χ1) is 7.08. The Morgan fingerprint density at radius 3 is 2.93 bits per heavy atom. The van der Waals surface area contributed by atoms with Crippen LogP contribution in [0, 0.1) is 0 Å². The molecule has 0 saturated heterocycles. The van der Waals surface area contributed by atoms with E-state index in [-0.39, 0.29) is 0 Å². The molecule has 4 heteroatoms. The summed E-state index contributed by atoms with van der Waals surface area (Å²) in [6, 6.07) is 2.69. The molecule has 0 saturated carbocycles. The Labute approximate surface area is 104 Å². The lowest BCUT2D eigenvalue weighted by Crippen LogP contribution is -2.36. The van der Waals surface area contributed by atoms with Crippen LogP contribution in [0.25, 0.3) is 0 Å². The molecule has 2 nitrogen and oxygen atoms in total. The molecule has 0 bridgehead atoms. The van der Waals surface area contributed by atoms with Gasteiger partial charge in [-0.3, -0.25) is 4.90 Å². The average molecular weight is 290 g/mol. The third-order valence-electron chi connectivity index (χ3n) is 2.84. The van der Waals surface area contributed by atoms with E-state index in [0.29, 0.717) is 11.2 Å². The number of rotatable bonds is 1. The Balaban J connectivity index is 2.30. The topological polar surface area (TPSA) is 16.1 Å². The van der Waals surface area contributed by atoms with E-state index < -0.39 is 0 Å². The van der Waals surface area contributed by atoms with Gasteiger partial charge in [0.05, 0.1) is 4.47 Å². The van der Waals surface area contributed by atoms with E-state index in [2.05, 4.69) is 45.7 Å². The molecule has 0 atom stereocenters. The predicted octanol–water partition coefficient (Wildman–Crippen LogP) is 3.26. The molecule has 2 heterocycles. The van der Waals surface area contributed by atoms with Crippen LogP contribution in [-0.2, 0) is 13.0 Å². The van der Waals surface area contributed by atoms with E-state index >= 15 is 0 Å². The fraction of sp³-hybridized carbons (Fsp3) is 0.545. The van der Waals surface area contributed by atoms with Gasteiger partial charge >= 0.3 is 0 Å². The van der Waals surface area contributed by atoms with Crippen LogP contribution in [-0.4, -0.2) is 22.5 Å². The molecule has 0 spiro atoms. The van der Waals surface area contributed by atoms with Gasteiger partial charge in [0.15, 0.2) is 0 Å². The molecule has 15 heavy (non-hydrogen) atoms. The fourth-order valence-corrected chi connectivity index (χ4v) is 2.40. The summed E-state index contributed by atoms with van der Waals surface area (Å²) in [6.07, 6.45) is 1.00. The van der Waals surface area contributed by atoms with Crippen molar-refractivity contribution in [2.75, 3.05) is 6.54 Å². The van der Waals surface area contributed by atoms with Crippen LogP contribution >= 0.6 is 27.5 Å². The molecule has 1 aromatic heterocycles. The second kappa shape index (κ2) is 4.40. The van der Waals surface area contributed by atoms with Gasteiger partial charge in [0.2, 0.25) is 0 Å². The Bertz CT molecular complexity index is 379. The van der Waals surface area contributed by atoms with Gasteiger partial charge in [-0.1, -0.05) is 11.6 Å². The summed E-state index contributed by atoms with van der Waals surface area (Å²) in [5.74, 6) is 0. The molecule has 1 aromatic rings. The number of pyridine rings is 1. The number of hydrogen-bond acceptors (Lipinski definition) is 2. The van der Waals surface area contributed by atoms with E-state index in [1.807, 2.05) is 0 Å². The third kappa shape index (κ3) is 2.35. The van der Waals surface area contributed by atoms with Crippen LogP contribution < -0.4 is 0 Å². The summed E-state index contributed by atoms with van der Waals surface area (Å²) in [4.78, 5) is 6.85. The quantitative estimate of drug-likeness (QED) is 0.738. The lowest BCUT2D eigenvalue weighted by Gasteiger charge is -2.31. The second-order valence-corrected chi connectivity index (χ2v) is 5.39. The van der Waals surface area contributed by atoms with Crippen molar-refractivity contribution in [2.24, 2.45) is 0 Å². The normalized spacial score (nSPS) is 16.9. The zero-order chi connectivity index (χ0) is 11.0. The molecule has 82 valence electrons. The van der Waals surface area contributed by atoms with Crippen LogP contribution in [0.3, 0.4) is 0 Å². The fourth-order valence-electron chi connectivity index (χ4n) is 1.88. The minimum atomic E-state index is 0.576. The highest BCUT2D eigenvalue weighted by Crippen LogP contribution is 2.27. The summed E-state index contributed by atoms with van der Waals surface area (Å²) in [6.45, 7) is 6.51. The van der Waals surface area contributed by atoms with Crippen molar-refractivity contribution in [2.45, 2.75) is 32.9 Å². The van der Waals surface area contributed by atoms with Gasteiger partial charge in [0, 0.05) is 31.2 Å². The zero-order valence-electron chi connectivity index (χ0n) is 8.93. The first-order valence-electron chi connectivity index (χ1n) is 5.15. The molecule has 0 fully saturated rings. The maximum atomic E-state index is 5.97. The van der Waals surface area contributed by atoms with Crippen LogP contribution in [0.5, 0.6) is 0 Å². The molecule has 0 aliphatic carbocycles. The highest BCUT2D eigenvalue weighted by Gasteiger charge is 2.20. The number of aromatic nitrogens is 1. The molecule has 0 aromatic carbocycles. The van der Waals surface area contributed by atoms with Crippen molar-refractivity contribution in [1.82, 2.24) is 9.88 Å². The van der Waals surface area contributed by atoms with Crippen molar-refractivity contribution in [3.05, 3.63) is 26.9 Å². The maximum absolute atomic E-state index is 5.97. The number of nitrogens with zero attached hydrogens (tertiary/aromatic N) is 2. The van der Waals surface area contributed by atoms with Crippen LogP contribution in [0.1, 0.15) is 25.1 Å². The van der Waals surface area contributed by atoms with Gasteiger partial charge in [0.1, 0.15) is 5.15 Å². The molecule has 1 aliphatic heterocycles. The smallest absolute Gasteiger partial charge is 0.143 e. The summed E-state index contributed by atoms with van der Waals surface area (Å²) in [7, 11) is 0. The van der Waals surface area contributed by atoms with Crippen LogP contribution in [0.2, 0.25) is 5.15 Å². The molecular weight excluding hydrogens is 275 g/mol. The Morgan fingerprint density at radius 2 is 2.27 bits per heavy atom. The first kappa shape index (κ1) is 11.4. The van der Waals surface area contributed by atoms with E-state index in [9.17, 15) is 0 Å². The summed E-state index contributed by atoms with van der Waals surface area (Å²) < 4.78 is 0.897. The van der Waals surface area contributed by atoms with Gasteiger partial charge in [-0.05, 0) is 41.4 Å². The minimum Gasteiger partial charge on any atom is -0.296 e. The van der Waals surface area contributed by atoms with Crippen LogP contribution in [0.4, 0.5) is 0 Å². The molecule has 0 amide bonds. The summed E-state index contributed by atoms with van der Waals surface area (Å²) in [5.41, 5.74) is 2.45. The Kier molecular flexibility index (Phi) is 3.33. The van der Waals surface area contributed by atoms with Gasteiger partial charge in [-0.2, -0.15) is 0 Å². The number of fused-ring (bicyclic) bond motifs is 1. The van der Waals surface area contributed by atoms with E-state index in [1.54, 1.807) is 0 Å². The largest absolute Gasteiger partial charge is 0.296 e. The molecule has 0 unspecified atom stereocenters. The molecule has 2 rings (SSSR count). The zero-order valence-corrected chi connectivity index (χ0v) is 11.3. The highest BCUT2D eigenvalue weighted by molar-refractivity contribution is 9.10. The van der Waals surface area contributed by atoms with Crippen molar-refractivity contribution >= 4 is 27.5 Å². The molecule has 0 N–H and O–H groups in total. The molecular formula is C11H14BrClN2. The lowest BCUT2D eigenvalue weighted by atomic mass is 10.0. The highest BCUT2D eigenvalue weighted by atomic mass is 79.9. The van der Waals surface area contributed by atoms with Gasteiger partial charge in [-0.15, -0.1) is 0 Å². The molecule has 1 aliphatic rings. The van der Waals surface area contributed by atoms with E-state index in [4.69, 9.17) is 11.6 Å². The van der Waals surface area contributed by atoms with Crippen molar-refractivity contribution in [3.8, 4) is 0 Å². The summed E-state index contributed by atoms with van der Waals surface area (Å²) in [5, 5.41) is 0.576. The van der Waals surface area contributed by atoms with Crippen molar-refractivity contribution in [1.29, 1.82) is 0 Å². The van der Waals surface area contributed by atoms with Crippen LogP contribution in [0.15, 0.2) is 10.5 Å². The number of hydrogen-bond donors (Lipinski definition) is 0. The predicted molar refractivity (Wildman–Crippen MR) is 66.2 cm³/mol. The first-order valence-corrected chi connectivity index (χ1v) is 6.33.